The van der Waals surface area contributed by atoms with Crippen molar-refractivity contribution in [2.24, 2.45) is 5.73 Å². The van der Waals surface area contributed by atoms with Crippen LogP contribution in [0.4, 0.5) is 0 Å². The summed E-state index contributed by atoms with van der Waals surface area (Å²) in [6, 6.07) is 10.2. The zero-order valence-electron chi connectivity index (χ0n) is 7.43. The molecule has 0 aliphatic carbocycles. The van der Waals surface area contributed by atoms with Crippen molar-refractivity contribution in [3.8, 4) is 0 Å². The van der Waals surface area contributed by atoms with Crippen molar-refractivity contribution >= 4 is 6.08 Å². The molecule has 0 aliphatic heterocycles. The molecule has 2 N–H and O–H groups in total. The molecule has 0 fully saturated rings. The lowest BCUT2D eigenvalue weighted by Crippen LogP contribution is -1.71. The van der Waals surface area contributed by atoms with Crippen LogP contribution in [0.1, 0.15) is 5.56 Å². The van der Waals surface area contributed by atoms with E-state index in [2.05, 4.69) is 12.1 Å². The van der Waals surface area contributed by atoms with E-state index in [1.165, 1.54) is 11.8 Å². The molecule has 0 radical (unpaired) electrons. The average molecular weight is 171 g/mol. The van der Waals surface area contributed by atoms with Crippen molar-refractivity contribution in [3.05, 3.63) is 66.4 Å². The highest BCUT2D eigenvalue weighted by molar-refractivity contribution is 5.50. The Morgan fingerprint density at radius 3 is 2.23 bits per heavy atom. The average Bonchev–Trinajstić information content (AvgIpc) is 2.19. The molecule has 0 aromatic heterocycles. The number of benzene rings is 1. The molecule has 1 rings (SSSR count). The second-order valence-corrected chi connectivity index (χ2v) is 2.54. The van der Waals surface area contributed by atoms with Gasteiger partial charge in [-0.05, 0) is 17.8 Å². The molecule has 1 nitrogen and oxygen atoms in total. The number of allylic oxidation sites excluding steroid dienone is 4. The van der Waals surface area contributed by atoms with Crippen LogP contribution in [-0.4, -0.2) is 0 Å². The van der Waals surface area contributed by atoms with E-state index < -0.39 is 0 Å². The lowest BCUT2D eigenvalue weighted by molar-refractivity contribution is 1.60. The first-order valence-electron chi connectivity index (χ1n) is 4.20. The van der Waals surface area contributed by atoms with Gasteiger partial charge >= 0.3 is 0 Å². The fraction of sp³-hybridized carbons (Fsp3) is 0. The highest BCUT2D eigenvalue weighted by Gasteiger charge is 1.78. The van der Waals surface area contributed by atoms with E-state index in [9.17, 15) is 0 Å². The van der Waals surface area contributed by atoms with Crippen molar-refractivity contribution in [1.29, 1.82) is 0 Å². The van der Waals surface area contributed by atoms with Crippen LogP contribution in [0.15, 0.2) is 60.8 Å². The first-order valence-corrected chi connectivity index (χ1v) is 4.20. The van der Waals surface area contributed by atoms with Crippen molar-refractivity contribution in [3.63, 3.8) is 0 Å². The zero-order valence-corrected chi connectivity index (χ0v) is 7.43. The van der Waals surface area contributed by atoms with Crippen LogP contribution in [0.25, 0.3) is 6.08 Å². The molecule has 0 aliphatic rings. The maximum atomic E-state index is 5.17. The summed E-state index contributed by atoms with van der Waals surface area (Å²) in [4.78, 5) is 0. The summed E-state index contributed by atoms with van der Waals surface area (Å²) in [7, 11) is 0. The summed E-state index contributed by atoms with van der Waals surface area (Å²) in [6.45, 7) is 0. The maximum Gasteiger partial charge on any atom is -0.00624 e. The standard InChI is InChI=1S/C12H13N/c13-11-7-2-1-4-8-12-9-5-3-6-10-12/h1-11H,13H2. The SMILES string of the molecule is NC=CC=CC=Cc1ccccc1. The molecule has 13 heavy (non-hydrogen) atoms. The predicted molar refractivity (Wildman–Crippen MR) is 57.9 cm³/mol. The van der Waals surface area contributed by atoms with Crippen molar-refractivity contribution < 1.29 is 0 Å². The van der Waals surface area contributed by atoms with Gasteiger partial charge in [-0.25, -0.2) is 0 Å². The van der Waals surface area contributed by atoms with Gasteiger partial charge in [0.15, 0.2) is 0 Å². The fourth-order valence-electron chi connectivity index (χ4n) is 0.923. The monoisotopic (exact) mass is 171 g/mol. The van der Waals surface area contributed by atoms with E-state index in [1.807, 2.05) is 42.5 Å². The molecule has 1 heteroatoms. The third kappa shape index (κ3) is 3.97. The van der Waals surface area contributed by atoms with Crippen LogP contribution in [0.3, 0.4) is 0 Å². The van der Waals surface area contributed by atoms with Crippen LogP contribution >= 0.6 is 0 Å². The van der Waals surface area contributed by atoms with Crippen molar-refractivity contribution in [2.45, 2.75) is 0 Å². The summed E-state index contributed by atoms with van der Waals surface area (Å²) in [5.41, 5.74) is 6.36. The molecule has 0 saturated carbocycles. The Morgan fingerprint density at radius 2 is 1.54 bits per heavy atom. The van der Waals surface area contributed by atoms with Gasteiger partial charge < -0.3 is 5.73 Å². The molecule has 1 aromatic carbocycles. The molecule has 0 heterocycles. The van der Waals surface area contributed by atoms with Crippen molar-refractivity contribution in [2.75, 3.05) is 0 Å². The molecule has 0 bridgehead atoms. The minimum Gasteiger partial charge on any atom is -0.405 e. The van der Waals surface area contributed by atoms with Crippen LogP contribution in [0, 0.1) is 0 Å². The molecule has 0 atom stereocenters. The van der Waals surface area contributed by atoms with Gasteiger partial charge in [-0.15, -0.1) is 0 Å². The number of nitrogens with two attached hydrogens (primary N) is 1. The first-order chi connectivity index (χ1) is 6.43. The van der Waals surface area contributed by atoms with Crippen LogP contribution in [0.5, 0.6) is 0 Å². The van der Waals surface area contributed by atoms with E-state index in [0.29, 0.717) is 0 Å². The lowest BCUT2D eigenvalue weighted by Gasteiger charge is -1.87. The molecule has 1 aromatic rings. The van der Waals surface area contributed by atoms with Gasteiger partial charge in [0.2, 0.25) is 0 Å². The van der Waals surface area contributed by atoms with Crippen LogP contribution in [-0.2, 0) is 0 Å². The number of hydrogen-bond donors (Lipinski definition) is 1. The third-order valence-corrected chi connectivity index (χ3v) is 1.53. The third-order valence-electron chi connectivity index (χ3n) is 1.53. The van der Waals surface area contributed by atoms with E-state index in [1.54, 1.807) is 6.08 Å². The first kappa shape index (κ1) is 9.33. The van der Waals surface area contributed by atoms with Gasteiger partial charge in [0, 0.05) is 0 Å². The van der Waals surface area contributed by atoms with E-state index in [0.717, 1.165) is 0 Å². The van der Waals surface area contributed by atoms with Gasteiger partial charge in [-0.2, -0.15) is 0 Å². The molecule has 0 unspecified atom stereocenters. The van der Waals surface area contributed by atoms with Gasteiger partial charge in [0.05, 0.1) is 0 Å². The van der Waals surface area contributed by atoms with Gasteiger partial charge in [0.25, 0.3) is 0 Å². The number of rotatable bonds is 3. The van der Waals surface area contributed by atoms with E-state index in [-0.39, 0.29) is 0 Å². The highest BCUT2D eigenvalue weighted by atomic mass is 14.5. The predicted octanol–water partition coefficient (Wildman–Crippen LogP) is 2.73. The normalized spacial score (nSPS) is 12.0. The van der Waals surface area contributed by atoms with E-state index >= 15 is 0 Å². The molecular formula is C12H13N. The lowest BCUT2D eigenvalue weighted by atomic mass is 10.2. The summed E-state index contributed by atoms with van der Waals surface area (Å²) in [5, 5.41) is 0. The highest BCUT2D eigenvalue weighted by Crippen LogP contribution is 2.00. The smallest absolute Gasteiger partial charge is 0.00624 e. The Kier molecular flexibility index (Phi) is 4.19. The van der Waals surface area contributed by atoms with Gasteiger partial charge in [0.1, 0.15) is 0 Å². The summed E-state index contributed by atoms with van der Waals surface area (Å²) >= 11 is 0. The fourth-order valence-corrected chi connectivity index (χ4v) is 0.923. The Balaban J connectivity index is 2.50. The Hall–Kier alpha value is -1.76. The Labute approximate surface area is 78.9 Å². The second kappa shape index (κ2) is 5.84. The molecular weight excluding hydrogens is 158 g/mol. The van der Waals surface area contributed by atoms with Crippen molar-refractivity contribution in [1.82, 2.24) is 0 Å². The summed E-state index contributed by atoms with van der Waals surface area (Å²) in [6.07, 6.45) is 11.1. The maximum absolute atomic E-state index is 5.17. The Bertz CT molecular complexity index is 307. The second-order valence-electron chi connectivity index (χ2n) is 2.54. The largest absolute Gasteiger partial charge is 0.405 e. The molecule has 66 valence electrons. The van der Waals surface area contributed by atoms with Crippen LogP contribution in [0.2, 0.25) is 0 Å². The molecule has 0 saturated heterocycles. The summed E-state index contributed by atoms with van der Waals surface area (Å²) < 4.78 is 0. The topological polar surface area (TPSA) is 26.0 Å². The van der Waals surface area contributed by atoms with Gasteiger partial charge in [-0.3, -0.25) is 0 Å². The summed E-state index contributed by atoms with van der Waals surface area (Å²) in [5.74, 6) is 0. The minimum atomic E-state index is 1.20. The van der Waals surface area contributed by atoms with E-state index in [4.69, 9.17) is 5.73 Å². The van der Waals surface area contributed by atoms with Gasteiger partial charge in [-0.1, -0.05) is 54.6 Å². The van der Waals surface area contributed by atoms with Crippen LogP contribution < -0.4 is 5.73 Å². The molecule has 0 spiro atoms. The number of hydrogen-bond acceptors (Lipinski definition) is 1. The zero-order chi connectivity index (χ0) is 9.36. The molecule has 0 amide bonds. The Morgan fingerprint density at radius 1 is 0.846 bits per heavy atom. The minimum absolute atomic E-state index is 1.20. The quantitative estimate of drug-likeness (QED) is 0.695.